The summed E-state index contributed by atoms with van der Waals surface area (Å²) >= 11 is 6.73. The highest BCUT2D eigenvalue weighted by atomic mass is 35.5. The molecule has 0 aliphatic heterocycles. The Hall–Kier alpha value is -0.920. The summed E-state index contributed by atoms with van der Waals surface area (Å²) in [6, 6.07) is 1.92. The number of carbonyl (C=O) groups excluding carboxylic acids is 1. The number of thiazole rings is 1. The molecule has 3 nitrogen and oxygen atoms in total. The van der Waals surface area contributed by atoms with E-state index in [1.165, 1.54) is 11.3 Å². The number of aromatic nitrogens is 1. The van der Waals surface area contributed by atoms with Gasteiger partial charge < -0.3 is 0 Å². The second kappa shape index (κ2) is 5.08. The Morgan fingerprint density at radius 1 is 1.86 bits per heavy atom. The molecule has 1 heterocycles. The van der Waals surface area contributed by atoms with Crippen molar-refractivity contribution in [2.45, 2.75) is 19.3 Å². The van der Waals surface area contributed by atoms with Crippen molar-refractivity contribution in [2.24, 2.45) is 0 Å². The molecule has 0 fully saturated rings. The molecule has 0 amide bonds. The molecule has 1 aromatic rings. The number of nitrogens with zero attached hydrogens (tertiary/aromatic N) is 2. The fourth-order valence-corrected chi connectivity index (χ4v) is 2.08. The Labute approximate surface area is 91.3 Å². The Morgan fingerprint density at radius 2 is 2.57 bits per heavy atom. The third-order valence-corrected chi connectivity index (χ3v) is 2.98. The highest BCUT2D eigenvalue weighted by Gasteiger charge is 2.22. The quantitative estimate of drug-likeness (QED) is 0.742. The number of carbonyl (C=O) groups is 1. The van der Waals surface area contributed by atoms with Gasteiger partial charge in [0.15, 0.2) is 11.7 Å². The Kier molecular flexibility index (Phi) is 4.05. The first-order valence-corrected chi connectivity index (χ1v) is 5.57. The average molecular weight is 229 g/mol. The van der Waals surface area contributed by atoms with Crippen molar-refractivity contribution < 1.29 is 4.79 Å². The van der Waals surface area contributed by atoms with E-state index in [0.717, 1.165) is 12.1 Å². The van der Waals surface area contributed by atoms with Gasteiger partial charge in [0.05, 0.1) is 17.6 Å². The second-order valence-electron chi connectivity index (χ2n) is 2.69. The Bertz CT molecular complexity index is 369. The molecule has 14 heavy (non-hydrogen) atoms. The van der Waals surface area contributed by atoms with Crippen LogP contribution in [-0.4, -0.2) is 16.6 Å². The molecule has 1 aromatic heterocycles. The molecular weight excluding hydrogens is 220 g/mol. The summed E-state index contributed by atoms with van der Waals surface area (Å²) in [7, 11) is 0. The first kappa shape index (κ1) is 11.2. The molecule has 0 aliphatic carbocycles. The number of ketones is 1. The molecule has 74 valence electrons. The van der Waals surface area contributed by atoms with Crippen molar-refractivity contribution in [1.82, 2.24) is 4.98 Å². The van der Waals surface area contributed by atoms with E-state index >= 15 is 0 Å². The number of hydrogen-bond donors (Lipinski definition) is 0. The van der Waals surface area contributed by atoms with E-state index in [1.54, 1.807) is 0 Å². The maximum absolute atomic E-state index is 11.3. The van der Waals surface area contributed by atoms with E-state index < -0.39 is 5.92 Å². The summed E-state index contributed by atoms with van der Waals surface area (Å²) in [6.07, 6.45) is 0.809. The molecule has 0 aliphatic rings. The van der Waals surface area contributed by atoms with Crippen LogP contribution < -0.4 is 0 Å². The lowest BCUT2D eigenvalue weighted by Gasteiger charge is -2.00. The number of rotatable bonds is 4. The fourth-order valence-electron chi connectivity index (χ4n) is 0.960. The van der Waals surface area contributed by atoms with Crippen LogP contribution in [0.5, 0.6) is 0 Å². The number of nitriles is 1. The van der Waals surface area contributed by atoms with Crippen molar-refractivity contribution >= 4 is 28.7 Å². The van der Waals surface area contributed by atoms with Crippen LogP contribution in [0.3, 0.4) is 0 Å². The summed E-state index contributed by atoms with van der Waals surface area (Å²) in [5.74, 6) is -1.22. The zero-order chi connectivity index (χ0) is 10.6. The van der Waals surface area contributed by atoms with Gasteiger partial charge in [-0.25, -0.2) is 4.98 Å². The van der Waals surface area contributed by atoms with E-state index in [-0.39, 0.29) is 11.7 Å². The standard InChI is InChI=1S/C9H9ClN2OS/c1-2-6-5-14-9(12-6)7(4-11)8(13)3-10/h5,7H,2-3H2,1H3. The minimum absolute atomic E-state index is 0.140. The average Bonchev–Trinajstić information content (AvgIpc) is 2.67. The van der Waals surface area contributed by atoms with Crippen molar-refractivity contribution in [3.8, 4) is 6.07 Å². The van der Waals surface area contributed by atoms with Crippen LogP contribution in [0.1, 0.15) is 23.5 Å². The van der Waals surface area contributed by atoms with Crippen LogP contribution in [0.2, 0.25) is 0 Å². The maximum Gasteiger partial charge on any atom is 0.171 e. The summed E-state index contributed by atoms with van der Waals surface area (Å²) < 4.78 is 0. The van der Waals surface area contributed by atoms with Crippen LogP contribution in [0.4, 0.5) is 0 Å². The summed E-state index contributed by atoms with van der Waals surface area (Å²) in [5, 5.41) is 11.2. The predicted octanol–water partition coefficient (Wildman–Crippen LogP) is 2.12. The third kappa shape index (κ3) is 2.31. The molecule has 0 radical (unpaired) electrons. The number of hydrogen-bond acceptors (Lipinski definition) is 4. The van der Waals surface area contributed by atoms with Crippen LogP contribution in [0.15, 0.2) is 5.38 Å². The van der Waals surface area contributed by atoms with Gasteiger partial charge in [-0.05, 0) is 6.42 Å². The lowest BCUT2D eigenvalue weighted by atomic mass is 10.1. The van der Waals surface area contributed by atoms with Crippen molar-refractivity contribution in [2.75, 3.05) is 5.88 Å². The van der Waals surface area contributed by atoms with Gasteiger partial charge in [-0.15, -0.1) is 22.9 Å². The fraction of sp³-hybridized carbons (Fsp3) is 0.444. The molecule has 0 N–H and O–H groups in total. The van der Waals surface area contributed by atoms with Crippen molar-refractivity contribution in [3.05, 3.63) is 16.1 Å². The summed E-state index contributed by atoms with van der Waals surface area (Å²) in [4.78, 5) is 15.4. The number of Topliss-reactive ketones (excluding diaryl/α,β-unsaturated/α-hetero) is 1. The van der Waals surface area contributed by atoms with Gasteiger partial charge >= 0.3 is 0 Å². The van der Waals surface area contributed by atoms with Crippen molar-refractivity contribution in [3.63, 3.8) is 0 Å². The van der Waals surface area contributed by atoms with Gasteiger partial charge in [0.1, 0.15) is 5.01 Å². The monoisotopic (exact) mass is 228 g/mol. The zero-order valence-corrected chi connectivity index (χ0v) is 9.23. The zero-order valence-electron chi connectivity index (χ0n) is 7.66. The third-order valence-electron chi connectivity index (χ3n) is 1.76. The first-order valence-electron chi connectivity index (χ1n) is 4.15. The van der Waals surface area contributed by atoms with Gasteiger partial charge in [0.25, 0.3) is 0 Å². The Balaban J connectivity index is 2.91. The predicted molar refractivity (Wildman–Crippen MR) is 55.6 cm³/mol. The minimum atomic E-state index is -0.794. The molecule has 1 rings (SSSR count). The molecule has 0 bridgehead atoms. The summed E-state index contributed by atoms with van der Waals surface area (Å²) in [5.41, 5.74) is 0.910. The molecule has 1 unspecified atom stereocenters. The number of alkyl halides is 1. The van der Waals surface area contributed by atoms with E-state index in [2.05, 4.69) is 4.98 Å². The van der Waals surface area contributed by atoms with Gasteiger partial charge in [0.2, 0.25) is 0 Å². The van der Waals surface area contributed by atoms with E-state index in [1.807, 2.05) is 18.4 Å². The van der Waals surface area contributed by atoms with Crippen LogP contribution >= 0.6 is 22.9 Å². The molecule has 1 atom stereocenters. The van der Waals surface area contributed by atoms with E-state index in [9.17, 15) is 4.79 Å². The maximum atomic E-state index is 11.3. The van der Waals surface area contributed by atoms with Gasteiger partial charge in [-0.2, -0.15) is 5.26 Å². The van der Waals surface area contributed by atoms with Gasteiger partial charge in [-0.3, -0.25) is 4.79 Å². The van der Waals surface area contributed by atoms with E-state index in [0.29, 0.717) is 5.01 Å². The minimum Gasteiger partial charge on any atom is -0.296 e. The van der Waals surface area contributed by atoms with Crippen LogP contribution in [0, 0.1) is 11.3 Å². The number of halogens is 1. The molecule has 5 heteroatoms. The molecular formula is C9H9ClN2OS. The molecule has 0 aromatic carbocycles. The van der Waals surface area contributed by atoms with E-state index in [4.69, 9.17) is 16.9 Å². The SMILES string of the molecule is CCc1csc(C(C#N)C(=O)CCl)n1. The van der Waals surface area contributed by atoms with Gasteiger partial charge in [-0.1, -0.05) is 6.92 Å². The van der Waals surface area contributed by atoms with Crippen LogP contribution in [-0.2, 0) is 11.2 Å². The highest BCUT2D eigenvalue weighted by molar-refractivity contribution is 7.10. The van der Waals surface area contributed by atoms with Crippen molar-refractivity contribution in [1.29, 1.82) is 5.26 Å². The Morgan fingerprint density at radius 3 is 3.00 bits per heavy atom. The largest absolute Gasteiger partial charge is 0.296 e. The number of aryl methyl sites for hydroxylation is 1. The lowest BCUT2D eigenvalue weighted by molar-refractivity contribution is -0.117. The van der Waals surface area contributed by atoms with Gasteiger partial charge in [0, 0.05) is 5.38 Å². The lowest BCUT2D eigenvalue weighted by Crippen LogP contribution is -2.11. The van der Waals surface area contributed by atoms with Crippen LogP contribution in [0.25, 0.3) is 0 Å². The summed E-state index contributed by atoms with van der Waals surface area (Å²) in [6.45, 7) is 1.98. The molecule has 0 spiro atoms. The molecule has 0 saturated carbocycles. The normalized spacial score (nSPS) is 12.1. The topological polar surface area (TPSA) is 53.8 Å². The smallest absolute Gasteiger partial charge is 0.171 e. The second-order valence-corrected chi connectivity index (χ2v) is 3.85. The molecule has 0 saturated heterocycles. The highest BCUT2D eigenvalue weighted by Crippen LogP contribution is 2.21. The first-order chi connectivity index (χ1) is 6.72.